The minimum atomic E-state index is -0.0994. The van der Waals surface area contributed by atoms with Gasteiger partial charge in [0.05, 0.1) is 5.52 Å². The van der Waals surface area contributed by atoms with Gasteiger partial charge < -0.3 is 5.32 Å². The van der Waals surface area contributed by atoms with Crippen LogP contribution >= 0.6 is 0 Å². The van der Waals surface area contributed by atoms with Crippen LogP contribution in [0.3, 0.4) is 0 Å². The summed E-state index contributed by atoms with van der Waals surface area (Å²) in [6.07, 6.45) is 9.62. The Balaban J connectivity index is 0.000000207. The standard InChI is InChI=1S/C22H17N2.C11H19NO.Ir/c1-13-8-18-20-19(9-13)23-12-24-21(20)16-10-14-6-4-5-7-15(14)11-17(16)22(18,2)3;1-9(8-10(2)13)12-11-6-4-3-5-7-11;/h4-9,11-12H,1-3H3;8,11H,3-7H2,1-2H3,(H,12,13);/q-1;;/p-1. The van der Waals surface area contributed by atoms with Crippen molar-refractivity contribution in [3.63, 3.8) is 0 Å². The van der Waals surface area contributed by atoms with Crippen molar-refractivity contribution in [2.45, 2.75) is 78.2 Å². The van der Waals surface area contributed by atoms with E-state index in [1.165, 1.54) is 59.6 Å². The molecule has 0 amide bonds. The summed E-state index contributed by atoms with van der Waals surface area (Å²) in [5, 5.41) is 8.05. The summed E-state index contributed by atoms with van der Waals surface area (Å²) in [5.41, 5.74) is 7.77. The maximum absolute atomic E-state index is 10.8. The van der Waals surface area contributed by atoms with E-state index < -0.39 is 0 Å². The molecule has 2 aliphatic carbocycles. The first-order valence-electron chi connectivity index (χ1n) is 13.4. The summed E-state index contributed by atoms with van der Waals surface area (Å²) in [5.74, 6) is 0.0945. The first-order chi connectivity index (χ1) is 17.7. The van der Waals surface area contributed by atoms with Crippen molar-refractivity contribution >= 4 is 27.5 Å². The summed E-state index contributed by atoms with van der Waals surface area (Å²) in [6, 6.07) is 19.3. The Hall–Kier alpha value is -2.88. The van der Waals surface area contributed by atoms with Gasteiger partial charge in [-0.3, -0.25) is 9.78 Å². The van der Waals surface area contributed by atoms with E-state index in [2.05, 4.69) is 84.6 Å². The molecule has 38 heavy (non-hydrogen) atoms. The van der Waals surface area contributed by atoms with Gasteiger partial charge in [-0.1, -0.05) is 93.7 Å². The largest absolute Gasteiger partial charge is 0.685 e. The molecule has 6 rings (SSSR count). The van der Waals surface area contributed by atoms with Crippen molar-refractivity contribution in [1.82, 2.24) is 9.97 Å². The van der Waals surface area contributed by atoms with E-state index in [0.29, 0.717) is 6.04 Å². The van der Waals surface area contributed by atoms with Crippen LogP contribution in [-0.2, 0) is 30.3 Å². The number of ketones is 1. The number of aromatic nitrogens is 2. The van der Waals surface area contributed by atoms with Gasteiger partial charge in [0.1, 0.15) is 6.33 Å². The van der Waals surface area contributed by atoms with Gasteiger partial charge in [-0.15, -0.1) is 29.6 Å². The molecular weight excluding hydrogens is 647 g/mol. The van der Waals surface area contributed by atoms with Gasteiger partial charge in [0.15, 0.2) is 5.78 Å². The first kappa shape index (κ1) is 28.1. The predicted octanol–water partition coefficient (Wildman–Crippen LogP) is 8.38. The van der Waals surface area contributed by atoms with Crippen LogP contribution in [0.15, 0.2) is 60.6 Å². The normalized spacial score (nSPS) is 16.2. The maximum Gasteiger partial charge on any atom is 0.151 e. The number of carbonyl (C=O) groups excluding carboxylic acids is 1. The molecule has 3 aromatic carbocycles. The zero-order chi connectivity index (χ0) is 26.2. The van der Waals surface area contributed by atoms with Crippen molar-refractivity contribution in [1.29, 1.82) is 0 Å². The number of aryl methyl sites for hydroxylation is 1. The third-order valence-electron chi connectivity index (χ3n) is 7.63. The number of benzene rings is 3. The van der Waals surface area contributed by atoms with Crippen LogP contribution in [0.1, 0.15) is 76.5 Å². The summed E-state index contributed by atoms with van der Waals surface area (Å²) >= 11 is 0. The Morgan fingerprint density at radius 2 is 1.76 bits per heavy atom. The van der Waals surface area contributed by atoms with E-state index in [0.717, 1.165) is 27.9 Å². The van der Waals surface area contributed by atoms with E-state index in [-0.39, 0.29) is 31.3 Å². The Morgan fingerprint density at radius 3 is 2.50 bits per heavy atom. The van der Waals surface area contributed by atoms with Gasteiger partial charge >= 0.3 is 0 Å². The molecule has 0 unspecified atom stereocenters. The number of carbonyl (C=O) groups is 1. The molecule has 0 saturated heterocycles. The number of fused-ring (bicyclic) bond motifs is 3. The van der Waals surface area contributed by atoms with E-state index in [4.69, 9.17) is 0 Å². The molecule has 0 aliphatic heterocycles. The van der Waals surface area contributed by atoms with Gasteiger partial charge in [0.2, 0.25) is 0 Å². The average molecular weight is 682 g/mol. The molecule has 0 spiro atoms. The molecule has 1 heterocycles. The molecule has 1 aromatic heterocycles. The summed E-state index contributed by atoms with van der Waals surface area (Å²) in [4.78, 5) is 19.9. The second-order valence-electron chi connectivity index (χ2n) is 11.0. The van der Waals surface area contributed by atoms with Crippen LogP contribution in [0.4, 0.5) is 0 Å². The summed E-state index contributed by atoms with van der Waals surface area (Å²) < 4.78 is 0. The van der Waals surface area contributed by atoms with Crippen molar-refractivity contribution in [3.05, 3.63) is 88.6 Å². The van der Waals surface area contributed by atoms with Crippen LogP contribution in [0.5, 0.6) is 0 Å². The number of rotatable bonds is 3. The predicted molar refractivity (Wildman–Crippen MR) is 153 cm³/mol. The van der Waals surface area contributed by atoms with Crippen molar-refractivity contribution in [2.75, 3.05) is 0 Å². The zero-order valence-corrected chi connectivity index (χ0v) is 25.3. The van der Waals surface area contributed by atoms with Crippen LogP contribution < -0.4 is 0 Å². The molecule has 199 valence electrons. The quantitative estimate of drug-likeness (QED) is 0.161. The molecular formula is C33H35IrN3O-2. The first-order valence-corrected chi connectivity index (χ1v) is 13.4. The van der Waals surface area contributed by atoms with Crippen molar-refractivity contribution in [2.24, 2.45) is 0 Å². The second kappa shape index (κ2) is 11.5. The Morgan fingerprint density at radius 1 is 1.03 bits per heavy atom. The second-order valence-corrected chi connectivity index (χ2v) is 11.0. The number of allylic oxidation sites excluding steroid dienone is 2. The van der Waals surface area contributed by atoms with Gasteiger partial charge in [0.25, 0.3) is 0 Å². The van der Waals surface area contributed by atoms with Gasteiger partial charge in [-0.2, -0.15) is 5.70 Å². The average Bonchev–Trinajstić information content (AvgIpc) is 2.87. The fraction of sp³-hybridized carbons (Fsp3) is 0.364. The molecule has 4 nitrogen and oxygen atoms in total. The number of hydrogen-bond donors (Lipinski definition) is 0. The SMILES string of the molecule is CC(=O)/C=C(/C)[N-]C1CCCCC1.Cc1cc2c3c(ncnc3c1)-c1[c-]c3ccccc3cc1C2(C)C.[Ir]. The summed E-state index contributed by atoms with van der Waals surface area (Å²) in [7, 11) is 0. The molecule has 4 aromatic rings. The van der Waals surface area contributed by atoms with E-state index in [1.807, 2.05) is 6.92 Å². The minimum Gasteiger partial charge on any atom is -0.685 e. The smallest absolute Gasteiger partial charge is 0.151 e. The van der Waals surface area contributed by atoms with Crippen molar-refractivity contribution in [3.8, 4) is 11.3 Å². The van der Waals surface area contributed by atoms with Crippen LogP contribution in [0.2, 0.25) is 0 Å². The molecule has 0 bridgehead atoms. The van der Waals surface area contributed by atoms with E-state index in [9.17, 15) is 4.79 Å². The fourth-order valence-electron chi connectivity index (χ4n) is 5.83. The Bertz CT molecular complexity index is 1520. The molecule has 1 fully saturated rings. The molecule has 0 N–H and O–H groups in total. The third kappa shape index (κ3) is 5.60. The number of hydrogen-bond acceptors (Lipinski definition) is 3. The number of nitrogens with zero attached hydrogens (tertiary/aromatic N) is 3. The Kier molecular flexibility index (Phi) is 8.49. The molecule has 1 radical (unpaired) electrons. The van der Waals surface area contributed by atoms with E-state index in [1.54, 1.807) is 19.3 Å². The minimum absolute atomic E-state index is 0. The fourth-order valence-corrected chi connectivity index (χ4v) is 5.83. The summed E-state index contributed by atoms with van der Waals surface area (Å²) in [6.45, 7) is 10.2. The molecule has 5 heteroatoms. The van der Waals surface area contributed by atoms with Crippen molar-refractivity contribution < 1.29 is 24.9 Å². The molecule has 1 saturated carbocycles. The van der Waals surface area contributed by atoms with Crippen LogP contribution in [-0.4, -0.2) is 21.8 Å². The topological polar surface area (TPSA) is 57.0 Å². The molecule has 2 aliphatic rings. The maximum atomic E-state index is 10.8. The van der Waals surface area contributed by atoms with Gasteiger partial charge in [-0.25, -0.2) is 4.98 Å². The molecule has 0 atom stereocenters. The third-order valence-corrected chi connectivity index (χ3v) is 7.63. The monoisotopic (exact) mass is 682 g/mol. The van der Waals surface area contributed by atoms with E-state index >= 15 is 0 Å². The van der Waals surface area contributed by atoms with Gasteiger partial charge in [-0.05, 0) is 47.9 Å². The zero-order valence-electron chi connectivity index (χ0n) is 22.9. The van der Waals surface area contributed by atoms with Crippen LogP contribution in [0, 0.1) is 13.0 Å². The Labute approximate surface area is 239 Å². The van der Waals surface area contributed by atoms with Crippen LogP contribution in [0.25, 0.3) is 38.2 Å². The van der Waals surface area contributed by atoms with Gasteiger partial charge in [0, 0.05) is 25.8 Å².